The minimum Gasteiger partial charge on any atom is -0.493 e. The Morgan fingerprint density at radius 3 is 2.39 bits per heavy atom. The van der Waals surface area contributed by atoms with Crippen molar-refractivity contribution in [2.45, 2.75) is 44.8 Å². The number of ether oxygens (including phenoxy) is 2. The van der Waals surface area contributed by atoms with Gasteiger partial charge in [-0.1, -0.05) is 75.7 Å². The third kappa shape index (κ3) is 9.84. The molecule has 0 radical (unpaired) electrons. The first-order valence-electron chi connectivity index (χ1n) is 13.5. The molecule has 0 spiro atoms. The van der Waals surface area contributed by atoms with Gasteiger partial charge >= 0.3 is 6.09 Å². The molecule has 0 bridgehead atoms. The zero-order chi connectivity index (χ0) is 28.9. The quantitative estimate of drug-likeness (QED) is 0.129. The van der Waals surface area contributed by atoms with Crippen LogP contribution in [0.1, 0.15) is 52.5 Å². The van der Waals surface area contributed by atoms with Gasteiger partial charge in [-0.2, -0.15) is 4.98 Å². The molecule has 1 heterocycles. The molecule has 0 aliphatic carbocycles. The maximum atomic E-state index is 13.2. The predicted octanol–water partition coefficient (Wildman–Crippen LogP) is 5.65. The van der Waals surface area contributed by atoms with Crippen molar-refractivity contribution in [3.8, 4) is 5.75 Å². The van der Waals surface area contributed by atoms with E-state index in [1.807, 2.05) is 66.7 Å². The number of hydrogen-bond donors (Lipinski definition) is 2. The zero-order valence-electron chi connectivity index (χ0n) is 22.6. The molecule has 9 nitrogen and oxygen atoms in total. The minimum absolute atomic E-state index is 0.0889. The fourth-order valence-corrected chi connectivity index (χ4v) is 4.33. The lowest BCUT2D eigenvalue weighted by Crippen LogP contribution is -2.41. The summed E-state index contributed by atoms with van der Waals surface area (Å²) in [5.41, 5.74) is 8.58. The Bertz CT molecular complexity index is 1380. The molecule has 214 valence electrons. The minimum atomic E-state index is -0.857. The summed E-state index contributed by atoms with van der Waals surface area (Å²) in [6.45, 7) is 1.15. The van der Waals surface area contributed by atoms with Crippen LogP contribution >= 0.6 is 15.9 Å². The highest BCUT2D eigenvalue weighted by atomic mass is 79.9. The van der Waals surface area contributed by atoms with Crippen molar-refractivity contribution < 1.29 is 23.6 Å². The number of alkyl carbamates (subject to hydrolysis) is 1. The van der Waals surface area contributed by atoms with Crippen molar-refractivity contribution in [1.82, 2.24) is 15.5 Å². The van der Waals surface area contributed by atoms with Crippen LogP contribution in [0.2, 0.25) is 0 Å². The van der Waals surface area contributed by atoms with E-state index in [9.17, 15) is 9.59 Å². The Balaban J connectivity index is 1.29. The van der Waals surface area contributed by atoms with Gasteiger partial charge in [0.25, 0.3) is 0 Å². The van der Waals surface area contributed by atoms with Crippen molar-refractivity contribution in [3.05, 3.63) is 112 Å². The number of nitrogens with two attached hydrogens (primary N) is 1. The molecule has 3 aromatic carbocycles. The summed E-state index contributed by atoms with van der Waals surface area (Å²) in [5, 5.41) is 6.52. The van der Waals surface area contributed by atoms with Crippen LogP contribution in [0.25, 0.3) is 0 Å². The molecule has 0 saturated heterocycles. The van der Waals surface area contributed by atoms with Crippen molar-refractivity contribution in [2.24, 2.45) is 5.73 Å². The number of hydrogen-bond acceptors (Lipinski definition) is 8. The largest absolute Gasteiger partial charge is 0.493 e. The van der Waals surface area contributed by atoms with Crippen LogP contribution in [-0.2, 0) is 24.2 Å². The summed E-state index contributed by atoms with van der Waals surface area (Å²) in [6.07, 6.45) is 2.21. The SMILES string of the molecule is NCCCCC(NC(=O)OCc1ccccc1)C(=O)c1noc(Cc2ccc(OCCc3ccc(Br)cc3)cc2)n1. The third-order valence-electron chi connectivity index (χ3n) is 6.31. The maximum Gasteiger partial charge on any atom is 0.408 e. The lowest BCUT2D eigenvalue weighted by atomic mass is 10.0. The van der Waals surface area contributed by atoms with Gasteiger partial charge in [0.1, 0.15) is 12.4 Å². The lowest BCUT2D eigenvalue weighted by Gasteiger charge is -2.16. The fourth-order valence-electron chi connectivity index (χ4n) is 4.07. The molecule has 10 heteroatoms. The number of nitrogens with zero attached hydrogens (tertiary/aromatic N) is 2. The number of carbonyl (C=O) groups excluding carboxylic acids is 2. The molecule has 0 fully saturated rings. The fraction of sp³-hybridized carbons (Fsp3) is 0.290. The highest BCUT2D eigenvalue weighted by Crippen LogP contribution is 2.17. The Kier molecular flexibility index (Phi) is 11.5. The van der Waals surface area contributed by atoms with Crippen molar-refractivity contribution >= 4 is 27.8 Å². The number of amides is 1. The molecule has 1 unspecified atom stereocenters. The summed E-state index contributed by atoms with van der Waals surface area (Å²) in [7, 11) is 0. The molecular weight excluding hydrogens is 588 g/mol. The van der Waals surface area contributed by atoms with Crippen LogP contribution in [0.5, 0.6) is 5.75 Å². The average Bonchev–Trinajstić information content (AvgIpc) is 3.46. The number of carbonyl (C=O) groups is 2. The van der Waals surface area contributed by atoms with E-state index in [0.717, 1.165) is 27.8 Å². The van der Waals surface area contributed by atoms with E-state index < -0.39 is 17.9 Å². The number of halogens is 1. The Morgan fingerprint density at radius 1 is 0.927 bits per heavy atom. The molecule has 1 atom stereocenters. The van der Waals surface area contributed by atoms with E-state index in [-0.39, 0.29) is 12.4 Å². The normalized spacial score (nSPS) is 11.6. The number of ketones is 1. The number of Topliss-reactive ketones (excluding diaryl/α,β-unsaturated/α-hetero) is 1. The van der Waals surface area contributed by atoms with Crippen LogP contribution in [0, 0.1) is 0 Å². The predicted molar refractivity (Wildman–Crippen MR) is 158 cm³/mol. The number of benzene rings is 3. The molecular formula is C31H33BrN4O5. The monoisotopic (exact) mass is 620 g/mol. The van der Waals surface area contributed by atoms with Gasteiger partial charge in [-0.3, -0.25) is 4.79 Å². The van der Waals surface area contributed by atoms with Gasteiger partial charge in [-0.05, 0) is 66.8 Å². The second-order valence-electron chi connectivity index (χ2n) is 9.46. The topological polar surface area (TPSA) is 130 Å². The van der Waals surface area contributed by atoms with Crippen LogP contribution in [0.4, 0.5) is 4.79 Å². The summed E-state index contributed by atoms with van der Waals surface area (Å²) in [6, 6.07) is 24.2. The van der Waals surface area contributed by atoms with E-state index in [1.54, 1.807) is 0 Å². The van der Waals surface area contributed by atoms with Crippen molar-refractivity contribution in [1.29, 1.82) is 0 Å². The van der Waals surface area contributed by atoms with E-state index in [0.29, 0.717) is 44.7 Å². The highest BCUT2D eigenvalue weighted by molar-refractivity contribution is 9.10. The Labute approximate surface area is 247 Å². The van der Waals surface area contributed by atoms with Gasteiger partial charge < -0.3 is 25.0 Å². The lowest BCUT2D eigenvalue weighted by molar-refractivity contribution is 0.0896. The summed E-state index contributed by atoms with van der Waals surface area (Å²) in [5.74, 6) is 0.527. The molecule has 41 heavy (non-hydrogen) atoms. The van der Waals surface area contributed by atoms with Crippen LogP contribution in [0.15, 0.2) is 87.9 Å². The van der Waals surface area contributed by atoms with Gasteiger partial charge in [0.05, 0.1) is 19.1 Å². The molecule has 0 saturated carbocycles. The summed E-state index contributed by atoms with van der Waals surface area (Å²) < 4.78 is 17.6. The molecule has 0 aliphatic rings. The molecule has 1 aromatic heterocycles. The number of nitrogens with one attached hydrogen (secondary N) is 1. The first-order valence-corrected chi connectivity index (χ1v) is 14.3. The molecule has 0 aliphatic heterocycles. The standard InChI is InChI=1S/C31H33BrN4O5/c32-25-13-9-22(10-14-25)17-19-39-26-15-11-23(12-16-26)20-28-35-30(36-41-28)29(37)27(8-4-5-18-33)34-31(38)40-21-24-6-2-1-3-7-24/h1-3,6-7,9-16,27H,4-5,8,17-21,33H2,(H,34,38). The zero-order valence-corrected chi connectivity index (χ0v) is 24.2. The average molecular weight is 622 g/mol. The van der Waals surface area contributed by atoms with E-state index in [1.165, 1.54) is 5.56 Å². The van der Waals surface area contributed by atoms with Gasteiger partial charge in [-0.15, -0.1) is 0 Å². The van der Waals surface area contributed by atoms with Crippen LogP contribution < -0.4 is 15.8 Å². The number of unbranched alkanes of at least 4 members (excludes halogenated alkanes) is 1. The molecule has 1 amide bonds. The highest BCUT2D eigenvalue weighted by Gasteiger charge is 2.27. The second kappa shape index (κ2) is 15.7. The molecule has 4 aromatic rings. The van der Waals surface area contributed by atoms with Gasteiger partial charge in [-0.25, -0.2) is 4.79 Å². The smallest absolute Gasteiger partial charge is 0.408 e. The summed E-state index contributed by atoms with van der Waals surface area (Å²) >= 11 is 3.44. The van der Waals surface area contributed by atoms with E-state index in [4.69, 9.17) is 19.7 Å². The van der Waals surface area contributed by atoms with Crippen LogP contribution in [-0.4, -0.2) is 41.2 Å². The van der Waals surface area contributed by atoms with Crippen molar-refractivity contribution in [2.75, 3.05) is 13.2 Å². The van der Waals surface area contributed by atoms with E-state index >= 15 is 0 Å². The van der Waals surface area contributed by atoms with Crippen molar-refractivity contribution in [3.63, 3.8) is 0 Å². The Morgan fingerprint density at radius 2 is 1.66 bits per heavy atom. The molecule has 4 rings (SSSR count). The third-order valence-corrected chi connectivity index (χ3v) is 6.84. The number of aromatic nitrogens is 2. The van der Waals surface area contributed by atoms with E-state index in [2.05, 4.69) is 43.5 Å². The van der Waals surface area contributed by atoms with Crippen LogP contribution in [0.3, 0.4) is 0 Å². The first kappa shape index (κ1) is 30.0. The van der Waals surface area contributed by atoms with Gasteiger partial charge in [0, 0.05) is 10.9 Å². The summed E-state index contributed by atoms with van der Waals surface area (Å²) in [4.78, 5) is 29.9. The first-order chi connectivity index (χ1) is 20.0. The van der Waals surface area contributed by atoms with Gasteiger partial charge in [0.2, 0.25) is 17.5 Å². The maximum absolute atomic E-state index is 13.2. The number of rotatable bonds is 15. The van der Waals surface area contributed by atoms with Gasteiger partial charge in [0.15, 0.2) is 0 Å². The molecule has 3 N–H and O–H groups in total. The Hall–Kier alpha value is -4.02. The second-order valence-corrected chi connectivity index (χ2v) is 10.4.